The lowest BCUT2D eigenvalue weighted by Gasteiger charge is -2.20. The van der Waals surface area contributed by atoms with Crippen LogP contribution in [0.3, 0.4) is 0 Å². The van der Waals surface area contributed by atoms with Gasteiger partial charge in [0.1, 0.15) is 5.54 Å². The number of carbonyl (C=O) groups excluding carboxylic acids is 1. The lowest BCUT2D eigenvalue weighted by Crippen LogP contribution is -2.40. The molecule has 0 aromatic carbocycles. The Balaban J connectivity index is 2.81. The van der Waals surface area contributed by atoms with Crippen LogP contribution in [-0.2, 0) is 4.79 Å². The molecular weight excluding hydrogens is 140 g/mol. The van der Waals surface area contributed by atoms with Gasteiger partial charge in [-0.3, -0.25) is 14.7 Å². The van der Waals surface area contributed by atoms with Crippen molar-refractivity contribution in [2.75, 3.05) is 0 Å². The monoisotopic (exact) mass is 154 g/mol. The molecule has 62 valence electrons. The van der Waals surface area contributed by atoms with Crippen LogP contribution in [0.25, 0.3) is 0 Å². The first kappa shape index (κ1) is 8.24. The molecule has 1 heterocycles. The van der Waals surface area contributed by atoms with Crippen molar-refractivity contribution in [1.82, 2.24) is 4.90 Å². The summed E-state index contributed by atoms with van der Waals surface area (Å²) in [5.41, 5.74) is -0.537. The van der Waals surface area contributed by atoms with Gasteiger partial charge < -0.3 is 0 Å². The minimum atomic E-state index is -0.537. The first-order chi connectivity index (χ1) is 4.95. The maximum atomic E-state index is 11.5. The molecular formula is C8H14N2O. The van der Waals surface area contributed by atoms with E-state index in [1.54, 1.807) is 11.2 Å². The van der Waals surface area contributed by atoms with Gasteiger partial charge in [-0.15, -0.1) is 0 Å². The highest BCUT2D eigenvalue weighted by atomic mass is 16.2. The van der Waals surface area contributed by atoms with Crippen LogP contribution < -0.4 is 0 Å². The average molecular weight is 154 g/mol. The van der Waals surface area contributed by atoms with Gasteiger partial charge in [0.15, 0.2) is 0 Å². The Morgan fingerprint density at radius 2 is 2.09 bits per heavy atom. The van der Waals surface area contributed by atoms with Crippen LogP contribution in [0.1, 0.15) is 27.7 Å². The number of carbonyl (C=O) groups is 1. The lowest BCUT2D eigenvalue weighted by atomic mass is 10.1. The van der Waals surface area contributed by atoms with E-state index < -0.39 is 5.54 Å². The first-order valence-corrected chi connectivity index (χ1v) is 3.83. The summed E-state index contributed by atoms with van der Waals surface area (Å²) in [6.07, 6.45) is 1.63. The molecule has 0 atom stereocenters. The van der Waals surface area contributed by atoms with E-state index in [-0.39, 0.29) is 11.9 Å². The molecule has 0 N–H and O–H groups in total. The molecule has 0 saturated carbocycles. The number of rotatable bonds is 1. The molecule has 0 spiro atoms. The Labute approximate surface area is 67.1 Å². The van der Waals surface area contributed by atoms with E-state index in [4.69, 9.17) is 0 Å². The molecule has 1 aliphatic rings. The van der Waals surface area contributed by atoms with Crippen molar-refractivity contribution >= 4 is 12.2 Å². The third kappa shape index (κ3) is 1.27. The van der Waals surface area contributed by atoms with E-state index in [2.05, 4.69) is 4.99 Å². The van der Waals surface area contributed by atoms with Crippen molar-refractivity contribution < 1.29 is 4.79 Å². The normalized spacial score (nSPS) is 21.9. The van der Waals surface area contributed by atoms with Gasteiger partial charge in [-0.1, -0.05) is 0 Å². The maximum absolute atomic E-state index is 11.5. The largest absolute Gasteiger partial charge is 0.299 e. The summed E-state index contributed by atoms with van der Waals surface area (Å²) in [6.45, 7) is 7.61. The third-order valence-corrected chi connectivity index (χ3v) is 1.82. The summed E-state index contributed by atoms with van der Waals surface area (Å²) in [4.78, 5) is 17.2. The standard InChI is InChI=1S/C8H14N2O/c1-6(2)10-5-9-8(3,4)7(10)11/h5-6H,1-4H3. The SMILES string of the molecule is CC(C)N1C=NC(C)(C)C1=O. The molecule has 0 fully saturated rings. The fraction of sp³-hybridized carbons (Fsp3) is 0.750. The molecule has 0 aromatic heterocycles. The van der Waals surface area contributed by atoms with Gasteiger partial charge in [-0.05, 0) is 27.7 Å². The fourth-order valence-corrected chi connectivity index (χ4v) is 0.998. The Morgan fingerprint density at radius 1 is 1.55 bits per heavy atom. The Hall–Kier alpha value is -0.860. The zero-order valence-electron chi connectivity index (χ0n) is 7.46. The molecule has 1 amide bonds. The summed E-state index contributed by atoms with van der Waals surface area (Å²) < 4.78 is 0. The van der Waals surface area contributed by atoms with E-state index >= 15 is 0 Å². The topological polar surface area (TPSA) is 32.7 Å². The van der Waals surface area contributed by atoms with Crippen molar-refractivity contribution in [2.45, 2.75) is 39.3 Å². The van der Waals surface area contributed by atoms with Gasteiger partial charge in [0, 0.05) is 6.04 Å². The molecule has 0 unspecified atom stereocenters. The van der Waals surface area contributed by atoms with E-state index in [1.807, 2.05) is 27.7 Å². The van der Waals surface area contributed by atoms with Crippen molar-refractivity contribution in [2.24, 2.45) is 4.99 Å². The van der Waals surface area contributed by atoms with Crippen molar-refractivity contribution in [3.63, 3.8) is 0 Å². The molecule has 11 heavy (non-hydrogen) atoms. The molecule has 1 aliphatic heterocycles. The molecule has 1 rings (SSSR count). The predicted molar refractivity (Wildman–Crippen MR) is 44.6 cm³/mol. The molecule has 0 radical (unpaired) electrons. The van der Waals surface area contributed by atoms with Crippen molar-refractivity contribution in [1.29, 1.82) is 0 Å². The van der Waals surface area contributed by atoms with Crippen LogP contribution in [-0.4, -0.2) is 28.7 Å². The minimum absolute atomic E-state index is 0.0903. The fourth-order valence-electron chi connectivity index (χ4n) is 0.998. The molecule has 3 heteroatoms. The van der Waals surface area contributed by atoms with Crippen LogP contribution in [0.2, 0.25) is 0 Å². The predicted octanol–water partition coefficient (Wildman–Crippen LogP) is 1.04. The molecule has 0 aromatic rings. The van der Waals surface area contributed by atoms with E-state index in [1.165, 1.54) is 0 Å². The van der Waals surface area contributed by atoms with Gasteiger partial charge in [-0.2, -0.15) is 0 Å². The van der Waals surface area contributed by atoms with Gasteiger partial charge in [0.2, 0.25) is 0 Å². The quantitative estimate of drug-likeness (QED) is 0.555. The number of hydrogen-bond donors (Lipinski definition) is 0. The van der Waals surface area contributed by atoms with Crippen LogP contribution in [0.4, 0.5) is 0 Å². The minimum Gasteiger partial charge on any atom is -0.299 e. The summed E-state index contributed by atoms with van der Waals surface area (Å²) in [5, 5.41) is 0. The summed E-state index contributed by atoms with van der Waals surface area (Å²) in [5.74, 6) is 0.0903. The zero-order chi connectivity index (χ0) is 8.65. The Morgan fingerprint density at radius 3 is 2.27 bits per heavy atom. The zero-order valence-corrected chi connectivity index (χ0v) is 7.46. The molecule has 0 aliphatic carbocycles. The smallest absolute Gasteiger partial charge is 0.255 e. The number of amides is 1. The number of nitrogens with zero attached hydrogens (tertiary/aromatic N) is 2. The van der Waals surface area contributed by atoms with Crippen LogP contribution in [0.5, 0.6) is 0 Å². The maximum Gasteiger partial charge on any atom is 0.255 e. The molecule has 0 saturated heterocycles. The van der Waals surface area contributed by atoms with Gasteiger partial charge in [-0.25, -0.2) is 0 Å². The van der Waals surface area contributed by atoms with E-state index in [9.17, 15) is 4.79 Å². The van der Waals surface area contributed by atoms with Crippen molar-refractivity contribution in [3.05, 3.63) is 0 Å². The number of hydrogen-bond acceptors (Lipinski definition) is 2. The molecule has 0 bridgehead atoms. The van der Waals surface area contributed by atoms with Crippen LogP contribution >= 0.6 is 0 Å². The summed E-state index contributed by atoms with van der Waals surface area (Å²) in [6, 6.07) is 0.216. The van der Waals surface area contributed by atoms with E-state index in [0.717, 1.165) is 0 Å². The highest BCUT2D eigenvalue weighted by Gasteiger charge is 2.36. The lowest BCUT2D eigenvalue weighted by molar-refractivity contribution is -0.131. The van der Waals surface area contributed by atoms with Crippen molar-refractivity contribution in [3.8, 4) is 0 Å². The summed E-state index contributed by atoms with van der Waals surface area (Å²) >= 11 is 0. The number of aliphatic imine (C=N–C) groups is 1. The van der Waals surface area contributed by atoms with Gasteiger partial charge >= 0.3 is 0 Å². The Kier molecular flexibility index (Phi) is 1.74. The van der Waals surface area contributed by atoms with Crippen LogP contribution in [0, 0.1) is 0 Å². The van der Waals surface area contributed by atoms with Gasteiger partial charge in [0.25, 0.3) is 5.91 Å². The highest BCUT2D eigenvalue weighted by molar-refractivity contribution is 5.99. The van der Waals surface area contributed by atoms with Crippen LogP contribution in [0.15, 0.2) is 4.99 Å². The van der Waals surface area contributed by atoms with Gasteiger partial charge in [0.05, 0.1) is 6.34 Å². The third-order valence-electron chi connectivity index (χ3n) is 1.82. The average Bonchev–Trinajstić information content (AvgIpc) is 2.09. The Bertz CT molecular complexity index is 206. The summed E-state index contributed by atoms with van der Waals surface area (Å²) in [7, 11) is 0. The second-order valence-corrected chi connectivity index (χ2v) is 3.61. The first-order valence-electron chi connectivity index (χ1n) is 3.83. The molecule has 3 nitrogen and oxygen atoms in total. The van der Waals surface area contributed by atoms with E-state index in [0.29, 0.717) is 0 Å². The second-order valence-electron chi connectivity index (χ2n) is 3.61. The highest BCUT2D eigenvalue weighted by Crippen LogP contribution is 2.19. The second kappa shape index (κ2) is 2.32.